The maximum atomic E-state index is 6.29. The summed E-state index contributed by atoms with van der Waals surface area (Å²) in [5.41, 5.74) is 9.71. The molecule has 234 valence electrons. The van der Waals surface area contributed by atoms with E-state index in [-0.39, 0.29) is 26.5 Å². The fourth-order valence-electron chi connectivity index (χ4n) is 5.74. The number of fused-ring (bicyclic) bond motifs is 1. The number of rotatable bonds is 6. The summed E-state index contributed by atoms with van der Waals surface area (Å²) in [6.45, 7) is 13.2. The van der Waals surface area contributed by atoms with Crippen molar-refractivity contribution in [1.82, 2.24) is 14.8 Å². The van der Waals surface area contributed by atoms with E-state index in [1.165, 1.54) is 16.7 Å². The van der Waals surface area contributed by atoms with Gasteiger partial charge in [0.05, 0.1) is 11.9 Å². The first-order chi connectivity index (χ1) is 21.7. The number of ether oxygens (including phenoxy) is 1. The van der Waals surface area contributed by atoms with Crippen molar-refractivity contribution in [2.45, 2.75) is 40.0 Å². The van der Waals surface area contributed by atoms with Gasteiger partial charge in [-0.25, -0.2) is 4.98 Å². The second kappa shape index (κ2) is 12.6. The van der Waals surface area contributed by atoms with Crippen LogP contribution in [0.3, 0.4) is 0 Å². The molecule has 0 spiro atoms. The first-order valence-corrected chi connectivity index (χ1v) is 15.1. The minimum absolute atomic E-state index is 0. The van der Waals surface area contributed by atoms with Gasteiger partial charge in [0.15, 0.2) is 0 Å². The number of aromatic nitrogens is 3. The molecule has 6 nitrogen and oxygen atoms in total. The molecule has 6 aromatic rings. The van der Waals surface area contributed by atoms with Crippen molar-refractivity contribution < 1.29 is 25.8 Å². The number of anilines is 4. The van der Waals surface area contributed by atoms with Crippen molar-refractivity contribution in [2.75, 3.05) is 9.80 Å². The molecular weight excluding hydrogens is 750 g/mol. The van der Waals surface area contributed by atoms with Gasteiger partial charge in [-0.2, -0.15) is 17.2 Å². The standard InChI is InChI=1S/C39H34N5O.Pt/c1-27-20-31(39(3,4)5)21-28(2)37(27)43-26-42(36-18-11-19-40-38(36)43)32-14-9-16-34(22-32)45-35-17-10-15-33(23-35)44-25-30(24-41-44)29-12-7-6-8-13-29;/h6-21,24-26H,1-5H3;/q-3;. The zero-order chi connectivity index (χ0) is 31.1. The third-order valence-corrected chi connectivity index (χ3v) is 8.00. The Morgan fingerprint density at radius 3 is 2.11 bits per heavy atom. The van der Waals surface area contributed by atoms with Gasteiger partial charge in [-0.05, 0) is 59.3 Å². The number of aryl methyl sites for hydroxylation is 2. The second-order valence-electron chi connectivity index (χ2n) is 12.4. The van der Waals surface area contributed by atoms with E-state index in [1.807, 2.05) is 83.9 Å². The molecule has 0 N–H and O–H groups in total. The third-order valence-electron chi connectivity index (χ3n) is 8.00. The van der Waals surface area contributed by atoms with Crippen LogP contribution >= 0.6 is 0 Å². The molecule has 7 rings (SSSR count). The van der Waals surface area contributed by atoms with Crippen LogP contribution in [0, 0.1) is 32.6 Å². The van der Waals surface area contributed by atoms with Crippen LogP contribution in [0.1, 0.15) is 37.5 Å². The van der Waals surface area contributed by atoms with E-state index < -0.39 is 0 Å². The Morgan fingerprint density at radius 1 is 0.739 bits per heavy atom. The van der Waals surface area contributed by atoms with Crippen molar-refractivity contribution in [3.8, 4) is 28.3 Å². The molecule has 1 aliphatic rings. The predicted octanol–water partition coefficient (Wildman–Crippen LogP) is 9.65. The average molecular weight is 784 g/mol. The van der Waals surface area contributed by atoms with Gasteiger partial charge in [-0.3, -0.25) is 4.68 Å². The fraction of sp³-hybridized carbons (Fsp3) is 0.154. The van der Waals surface area contributed by atoms with Gasteiger partial charge < -0.3 is 14.5 Å². The van der Waals surface area contributed by atoms with Gasteiger partial charge in [0, 0.05) is 56.2 Å². The van der Waals surface area contributed by atoms with Crippen LogP contribution in [-0.2, 0) is 26.5 Å². The Balaban J connectivity index is 0.00000372. The molecule has 4 aromatic carbocycles. The molecule has 2 aromatic heterocycles. The SMILES string of the molecule is Cc1cc(C(C)(C)C)cc(C)c1N1[CH-]N(c2[c-]c(Oc3[c-]c(-n4cc(-c5ccccc5)cn4)ccc3)ccc2)c2cccnc21.[Pt]. The zero-order valence-corrected chi connectivity index (χ0v) is 28.7. The van der Waals surface area contributed by atoms with Gasteiger partial charge in [-0.15, -0.1) is 48.8 Å². The minimum Gasteiger partial charge on any atom is -0.509 e. The normalized spacial score (nSPS) is 12.5. The summed E-state index contributed by atoms with van der Waals surface area (Å²) >= 11 is 0. The topological polar surface area (TPSA) is 46.4 Å². The molecule has 0 unspecified atom stereocenters. The zero-order valence-electron chi connectivity index (χ0n) is 26.4. The van der Waals surface area contributed by atoms with E-state index in [1.54, 1.807) is 0 Å². The average Bonchev–Trinajstić information content (AvgIpc) is 3.68. The molecule has 46 heavy (non-hydrogen) atoms. The van der Waals surface area contributed by atoms with Gasteiger partial charge in [0.1, 0.15) is 5.82 Å². The van der Waals surface area contributed by atoms with Crippen molar-refractivity contribution >= 4 is 22.9 Å². The molecule has 0 bridgehead atoms. The predicted molar refractivity (Wildman–Crippen MR) is 181 cm³/mol. The smallest absolute Gasteiger partial charge is 0.126 e. The van der Waals surface area contributed by atoms with Crippen LogP contribution in [0.15, 0.2) is 110 Å². The van der Waals surface area contributed by atoms with E-state index in [2.05, 4.69) is 98.7 Å². The first-order valence-electron chi connectivity index (χ1n) is 15.1. The van der Waals surface area contributed by atoms with Crippen molar-refractivity contribution in [1.29, 1.82) is 0 Å². The molecule has 0 amide bonds. The maximum absolute atomic E-state index is 6.29. The Kier molecular flexibility index (Phi) is 8.59. The van der Waals surface area contributed by atoms with Crippen LogP contribution in [0.25, 0.3) is 16.8 Å². The molecule has 3 heterocycles. The number of hydrogen-bond acceptors (Lipinski definition) is 5. The molecule has 1 aliphatic heterocycles. The Bertz CT molecular complexity index is 1970. The van der Waals surface area contributed by atoms with E-state index in [0.29, 0.717) is 11.5 Å². The van der Waals surface area contributed by atoms with E-state index >= 15 is 0 Å². The van der Waals surface area contributed by atoms with Crippen molar-refractivity contribution in [3.63, 3.8) is 0 Å². The van der Waals surface area contributed by atoms with Gasteiger partial charge in [0.25, 0.3) is 0 Å². The van der Waals surface area contributed by atoms with Crippen LogP contribution in [0.2, 0.25) is 0 Å². The summed E-state index contributed by atoms with van der Waals surface area (Å²) in [6, 6.07) is 37.4. The van der Waals surface area contributed by atoms with Crippen LogP contribution in [0.4, 0.5) is 22.9 Å². The number of nitrogens with zero attached hydrogens (tertiary/aromatic N) is 5. The molecule has 0 aliphatic carbocycles. The van der Waals surface area contributed by atoms with E-state index in [0.717, 1.165) is 39.7 Å². The summed E-state index contributed by atoms with van der Waals surface area (Å²) < 4.78 is 8.10. The van der Waals surface area contributed by atoms with E-state index in [4.69, 9.17) is 9.72 Å². The summed E-state index contributed by atoms with van der Waals surface area (Å²) in [4.78, 5) is 9.08. The molecule has 0 radical (unpaired) electrons. The quantitative estimate of drug-likeness (QED) is 0.158. The number of pyridine rings is 1. The molecule has 0 saturated carbocycles. The second-order valence-corrected chi connectivity index (χ2v) is 12.4. The molecule has 7 heteroatoms. The Morgan fingerprint density at radius 2 is 1.41 bits per heavy atom. The Labute approximate surface area is 285 Å². The van der Waals surface area contributed by atoms with Crippen LogP contribution in [-0.4, -0.2) is 14.8 Å². The van der Waals surface area contributed by atoms with Crippen LogP contribution < -0.4 is 14.5 Å². The monoisotopic (exact) mass is 783 g/mol. The summed E-state index contributed by atoms with van der Waals surface area (Å²) in [6.07, 6.45) is 5.70. The molecule has 0 fully saturated rings. The first kappa shape index (κ1) is 31.3. The van der Waals surface area contributed by atoms with E-state index in [9.17, 15) is 0 Å². The summed E-state index contributed by atoms with van der Waals surface area (Å²) in [7, 11) is 0. The van der Waals surface area contributed by atoms with Crippen molar-refractivity contribution in [3.05, 3.63) is 145 Å². The summed E-state index contributed by atoms with van der Waals surface area (Å²) in [5, 5.41) is 4.56. The molecule has 0 atom stereocenters. The van der Waals surface area contributed by atoms with Gasteiger partial charge in [-0.1, -0.05) is 63.2 Å². The summed E-state index contributed by atoms with van der Waals surface area (Å²) in [5.74, 6) is 2.05. The molecule has 0 saturated heterocycles. The van der Waals surface area contributed by atoms with Crippen molar-refractivity contribution in [2.24, 2.45) is 0 Å². The third kappa shape index (κ3) is 6.10. The maximum Gasteiger partial charge on any atom is 0.126 e. The Hall–Kier alpha value is -4.67. The largest absolute Gasteiger partial charge is 0.509 e. The molecular formula is C39H34N5OPt-3. The van der Waals surface area contributed by atoms with Gasteiger partial charge in [0.2, 0.25) is 0 Å². The number of hydrogen-bond donors (Lipinski definition) is 0. The van der Waals surface area contributed by atoms with Crippen LogP contribution in [0.5, 0.6) is 11.5 Å². The van der Waals surface area contributed by atoms with Gasteiger partial charge >= 0.3 is 0 Å². The fourth-order valence-corrected chi connectivity index (χ4v) is 5.74. The number of benzene rings is 4. The minimum atomic E-state index is 0.